The summed E-state index contributed by atoms with van der Waals surface area (Å²) < 4.78 is 34.3. The number of ether oxygens (including phenoxy) is 6. The van der Waals surface area contributed by atoms with Gasteiger partial charge in [-0.25, -0.2) is 0 Å². The first-order valence-electron chi connectivity index (χ1n) is 34.1. The standard InChI is InChI=1S/C71H119NO18/c1-3-5-7-9-11-13-15-17-19-20-21-22-23-24-25-26-27-28-29-30-31-32-33-34-35-37-39-41-43-45-47-49-59(77)72-54(55(76)48-46-44-42-40-38-36-18-16-14-12-10-8-6-4-2)53-85-69-65(83)62(80)67(57(51-74)87-69)90-71-66(84)63(81)68(58(52-75)88-71)89-70-64(82)61(79)60(78)56(50-73)86-70/h5,7,11,13,17,19,21-22,24-25,27-28,30-31,33-34,37,39,54-58,60-71,73-76,78-84H,3-4,6,8-10,12,14-16,18,20,23,26,29,32,35-36,38,40-53H2,1-2H3,(H,72,77)/b7-5-,13-11-,19-17-,22-21-,25-24-,28-27-,31-30-,34-33-,39-37-. The molecule has 3 fully saturated rings. The lowest BCUT2D eigenvalue weighted by Gasteiger charge is -2.48. The Labute approximate surface area is 538 Å². The third-order valence-electron chi connectivity index (χ3n) is 16.4. The molecule has 0 aromatic carbocycles. The lowest BCUT2D eigenvalue weighted by molar-refractivity contribution is -0.379. The molecular weight excluding hydrogens is 1150 g/mol. The summed E-state index contributed by atoms with van der Waals surface area (Å²) >= 11 is 0. The summed E-state index contributed by atoms with van der Waals surface area (Å²) in [6.45, 7) is 1.63. The largest absolute Gasteiger partial charge is 0.394 e. The van der Waals surface area contributed by atoms with Crippen LogP contribution in [-0.2, 0) is 33.2 Å². The summed E-state index contributed by atoms with van der Waals surface area (Å²) in [5.74, 6) is -0.280. The molecule has 3 aliphatic heterocycles. The van der Waals surface area contributed by atoms with E-state index in [0.717, 1.165) is 96.3 Å². The zero-order valence-electron chi connectivity index (χ0n) is 54.3. The Morgan fingerprint density at radius 3 is 1.19 bits per heavy atom. The highest BCUT2D eigenvalue weighted by Crippen LogP contribution is 2.33. The molecule has 19 nitrogen and oxygen atoms in total. The summed E-state index contributed by atoms with van der Waals surface area (Å²) in [6.07, 6.45) is 41.6. The average molecular weight is 1270 g/mol. The van der Waals surface area contributed by atoms with Crippen molar-refractivity contribution in [2.75, 3.05) is 26.4 Å². The van der Waals surface area contributed by atoms with E-state index in [2.05, 4.69) is 129 Å². The molecule has 0 spiro atoms. The van der Waals surface area contributed by atoms with Gasteiger partial charge in [0.15, 0.2) is 18.9 Å². The maximum Gasteiger partial charge on any atom is 0.220 e. The summed E-state index contributed by atoms with van der Waals surface area (Å²) in [5, 5.41) is 121. The molecule has 0 radical (unpaired) electrons. The van der Waals surface area contributed by atoms with Gasteiger partial charge in [-0.15, -0.1) is 0 Å². The number of unbranched alkanes of at least 4 members (excludes halogenated alkanes) is 16. The summed E-state index contributed by atoms with van der Waals surface area (Å²) in [4.78, 5) is 13.4. The lowest BCUT2D eigenvalue weighted by Crippen LogP contribution is -2.66. The molecule has 17 unspecified atom stereocenters. The van der Waals surface area contributed by atoms with Crippen molar-refractivity contribution in [1.82, 2.24) is 5.32 Å². The fourth-order valence-corrected chi connectivity index (χ4v) is 10.8. The number of amides is 1. The fourth-order valence-electron chi connectivity index (χ4n) is 10.8. The zero-order chi connectivity index (χ0) is 65.4. The first kappa shape index (κ1) is 80.7. The molecule has 1 amide bonds. The predicted octanol–water partition coefficient (Wildman–Crippen LogP) is 8.66. The van der Waals surface area contributed by atoms with Crippen LogP contribution in [0.1, 0.15) is 200 Å². The van der Waals surface area contributed by atoms with Crippen LogP contribution in [0.5, 0.6) is 0 Å². The molecule has 12 N–H and O–H groups in total. The summed E-state index contributed by atoms with van der Waals surface area (Å²) in [5.41, 5.74) is 0. The average Bonchev–Trinajstić information content (AvgIpc) is 0.908. The number of hydrogen-bond acceptors (Lipinski definition) is 18. The van der Waals surface area contributed by atoms with Gasteiger partial charge in [0.25, 0.3) is 0 Å². The molecule has 0 bridgehead atoms. The molecule has 0 aliphatic carbocycles. The van der Waals surface area contributed by atoms with Crippen LogP contribution in [0.4, 0.5) is 0 Å². The van der Waals surface area contributed by atoms with E-state index < -0.39 is 124 Å². The third-order valence-corrected chi connectivity index (χ3v) is 16.4. The number of nitrogens with one attached hydrogen (secondary N) is 1. The van der Waals surface area contributed by atoms with Crippen LogP contribution in [-0.4, -0.2) is 193 Å². The van der Waals surface area contributed by atoms with Gasteiger partial charge in [0.2, 0.25) is 5.91 Å². The van der Waals surface area contributed by atoms with E-state index in [4.69, 9.17) is 28.4 Å². The number of rotatable bonds is 50. The number of hydrogen-bond donors (Lipinski definition) is 12. The van der Waals surface area contributed by atoms with E-state index in [-0.39, 0.29) is 18.9 Å². The van der Waals surface area contributed by atoms with Crippen molar-refractivity contribution in [3.63, 3.8) is 0 Å². The van der Waals surface area contributed by atoms with Gasteiger partial charge in [0.1, 0.15) is 73.2 Å². The molecule has 90 heavy (non-hydrogen) atoms. The van der Waals surface area contributed by atoms with Crippen molar-refractivity contribution >= 4 is 5.91 Å². The van der Waals surface area contributed by atoms with Gasteiger partial charge >= 0.3 is 0 Å². The van der Waals surface area contributed by atoms with Gasteiger partial charge in [0, 0.05) is 6.42 Å². The van der Waals surface area contributed by atoms with Crippen molar-refractivity contribution in [3.8, 4) is 0 Å². The van der Waals surface area contributed by atoms with Crippen LogP contribution in [0.15, 0.2) is 109 Å². The molecule has 516 valence electrons. The molecule has 0 aromatic rings. The minimum atomic E-state index is -1.98. The topological polar surface area (TPSA) is 307 Å². The number of aliphatic hydroxyl groups is 11. The molecule has 3 saturated heterocycles. The highest BCUT2D eigenvalue weighted by Gasteiger charge is 2.53. The minimum Gasteiger partial charge on any atom is -0.394 e. The van der Waals surface area contributed by atoms with Gasteiger partial charge in [-0.3, -0.25) is 4.79 Å². The molecule has 0 aromatic heterocycles. The second-order valence-electron chi connectivity index (χ2n) is 23.9. The Morgan fingerprint density at radius 1 is 0.411 bits per heavy atom. The Kier molecular flexibility index (Phi) is 46.5. The van der Waals surface area contributed by atoms with Gasteiger partial charge in [-0.2, -0.15) is 0 Å². The van der Waals surface area contributed by atoms with Crippen molar-refractivity contribution < 1.29 is 89.4 Å². The second-order valence-corrected chi connectivity index (χ2v) is 23.9. The molecule has 0 saturated carbocycles. The molecule has 3 heterocycles. The van der Waals surface area contributed by atoms with E-state index in [0.29, 0.717) is 19.3 Å². The van der Waals surface area contributed by atoms with E-state index >= 15 is 0 Å². The number of carbonyl (C=O) groups excluding carboxylic acids is 1. The Bertz CT molecular complexity index is 2060. The van der Waals surface area contributed by atoms with Crippen LogP contribution >= 0.6 is 0 Å². The highest BCUT2D eigenvalue weighted by atomic mass is 16.8. The van der Waals surface area contributed by atoms with E-state index in [9.17, 15) is 61.0 Å². The Balaban J connectivity index is 1.43. The summed E-state index contributed by atoms with van der Waals surface area (Å²) in [7, 11) is 0. The second kappa shape index (κ2) is 51.8. The van der Waals surface area contributed by atoms with Gasteiger partial charge in [-0.05, 0) is 83.5 Å². The van der Waals surface area contributed by atoms with Crippen molar-refractivity contribution in [2.24, 2.45) is 0 Å². The van der Waals surface area contributed by atoms with Crippen LogP contribution in [0.2, 0.25) is 0 Å². The SMILES string of the molecule is CC/C=C\C/C=C\C/C=C\C/C=C\C/C=C\C/C=C\C/C=C\C/C=C\C/C=C\CCCCCC(=O)NC(COC1OC(CO)C(OC2OC(CO)C(OC3OC(CO)C(O)C(O)C3O)C(O)C2O)C(O)C1O)C(O)CCCCCCCCCCCCCCCC. The minimum absolute atomic E-state index is 0.219. The number of carbonyl (C=O) groups is 1. The van der Waals surface area contributed by atoms with Gasteiger partial charge in [0.05, 0.1) is 38.6 Å². The smallest absolute Gasteiger partial charge is 0.220 e. The van der Waals surface area contributed by atoms with Crippen LogP contribution in [0, 0.1) is 0 Å². The van der Waals surface area contributed by atoms with Crippen molar-refractivity contribution in [2.45, 2.75) is 304 Å². The Hall–Kier alpha value is -3.55. The van der Waals surface area contributed by atoms with Crippen molar-refractivity contribution in [1.29, 1.82) is 0 Å². The molecule has 3 aliphatic rings. The third kappa shape index (κ3) is 33.5. The van der Waals surface area contributed by atoms with E-state index in [1.54, 1.807) is 0 Å². The van der Waals surface area contributed by atoms with Crippen LogP contribution < -0.4 is 5.32 Å². The first-order chi connectivity index (χ1) is 43.8. The van der Waals surface area contributed by atoms with Gasteiger partial charge in [-0.1, -0.05) is 220 Å². The maximum atomic E-state index is 13.4. The lowest BCUT2D eigenvalue weighted by atomic mass is 9.96. The van der Waals surface area contributed by atoms with Crippen LogP contribution in [0.3, 0.4) is 0 Å². The normalized spacial score (nSPS) is 28.7. The van der Waals surface area contributed by atoms with E-state index in [1.165, 1.54) is 64.2 Å². The maximum absolute atomic E-state index is 13.4. The zero-order valence-corrected chi connectivity index (χ0v) is 54.3. The number of allylic oxidation sites excluding steroid dienone is 18. The van der Waals surface area contributed by atoms with Gasteiger partial charge < -0.3 is 89.9 Å². The molecule has 3 rings (SSSR count). The highest BCUT2D eigenvalue weighted by molar-refractivity contribution is 5.76. The first-order valence-corrected chi connectivity index (χ1v) is 34.1. The molecular formula is C71H119NO18. The van der Waals surface area contributed by atoms with Crippen molar-refractivity contribution in [3.05, 3.63) is 109 Å². The molecule has 17 atom stereocenters. The monoisotopic (exact) mass is 1270 g/mol. The number of aliphatic hydroxyl groups excluding tert-OH is 11. The quantitative estimate of drug-likeness (QED) is 0.0200. The summed E-state index contributed by atoms with van der Waals surface area (Å²) in [6, 6.07) is -0.913. The van der Waals surface area contributed by atoms with Crippen LogP contribution in [0.25, 0.3) is 0 Å². The predicted molar refractivity (Wildman–Crippen MR) is 350 cm³/mol. The Morgan fingerprint density at radius 2 is 0.767 bits per heavy atom. The fraction of sp³-hybridized carbons (Fsp3) is 0.732. The van der Waals surface area contributed by atoms with E-state index in [1.807, 2.05) is 0 Å². The molecule has 19 heteroatoms.